The zero-order valence-electron chi connectivity index (χ0n) is 11.7. The molecule has 2 rings (SSSR count). The first-order valence-corrected chi connectivity index (χ1v) is 6.39. The number of nitro benzene ring substituents is 1. The third-order valence-corrected chi connectivity index (χ3v) is 2.91. The van der Waals surface area contributed by atoms with Crippen LogP contribution in [-0.4, -0.2) is 16.7 Å². The highest BCUT2D eigenvalue weighted by Gasteiger charge is 2.11. The fraction of sp³-hybridized carbons (Fsp3) is 0.0667. The van der Waals surface area contributed by atoms with E-state index in [9.17, 15) is 19.7 Å². The summed E-state index contributed by atoms with van der Waals surface area (Å²) in [4.78, 5) is 33.7. The molecule has 0 radical (unpaired) electrons. The second-order valence-corrected chi connectivity index (χ2v) is 4.58. The minimum absolute atomic E-state index is 0.111. The molecule has 7 nitrogen and oxygen atoms in total. The Morgan fingerprint density at radius 3 is 2.09 bits per heavy atom. The van der Waals surface area contributed by atoms with E-state index in [0.29, 0.717) is 5.56 Å². The largest absolute Gasteiger partial charge is 0.269 e. The number of amides is 2. The normalized spacial score (nSPS) is 9.86. The summed E-state index contributed by atoms with van der Waals surface area (Å²) < 4.78 is 0. The summed E-state index contributed by atoms with van der Waals surface area (Å²) in [7, 11) is 0. The van der Waals surface area contributed by atoms with E-state index in [2.05, 4.69) is 10.9 Å². The number of hydrogen-bond donors (Lipinski definition) is 2. The number of nitrogens with zero attached hydrogens (tertiary/aromatic N) is 1. The van der Waals surface area contributed by atoms with Gasteiger partial charge in [-0.2, -0.15) is 0 Å². The van der Waals surface area contributed by atoms with E-state index in [1.165, 1.54) is 24.3 Å². The Morgan fingerprint density at radius 2 is 1.55 bits per heavy atom. The van der Waals surface area contributed by atoms with Crippen LogP contribution in [0, 0.1) is 17.0 Å². The first-order valence-electron chi connectivity index (χ1n) is 6.39. The van der Waals surface area contributed by atoms with Gasteiger partial charge in [-0.25, -0.2) is 0 Å². The molecule has 0 aliphatic heterocycles. The van der Waals surface area contributed by atoms with Gasteiger partial charge in [0.25, 0.3) is 17.5 Å². The molecule has 0 fully saturated rings. The van der Waals surface area contributed by atoms with Gasteiger partial charge in [0.15, 0.2) is 0 Å². The van der Waals surface area contributed by atoms with Crippen LogP contribution in [0.4, 0.5) is 5.69 Å². The van der Waals surface area contributed by atoms with Gasteiger partial charge in [0.1, 0.15) is 0 Å². The molecule has 2 aromatic carbocycles. The van der Waals surface area contributed by atoms with Crippen molar-refractivity contribution >= 4 is 17.5 Å². The molecule has 0 aliphatic carbocycles. The molecule has 0 aromatic heterocycles. The van der Waals surface area contributed by atoms with Crippen molar-refractivity contribution in [1.29, 1.82) is 0 Å². The topological polar surface area (TPSA) is 101 Å². The number of aryl methyl sites for hydroxylation is 1. The fourth-order valence-corrected chi connectivity index (χ4v) is 1.78. The number of carbonyl (C=O) groups excluding carboxylic acids is 2. The van der Waals surface area contributed by atoms with E-state index in [4.69, 9.17) is 0 Å². The SMILES string of the molecule is Cc1cccc(C(=O)NNC(=O)c2ccc([N+](=O)[O-])cc2)c1. The first kappa shape index (κ1) is 15.2. The lowest BCUT2D eigenvalue weighted by atomic mass is 10.1. The van der Waals surface area contributed by atoms with Gasteiger partial charge in [0.2, 0.25) is 0 Å². The summed E-state index contributed by atoms with van der Waals surface area (Å²) in [6, 6.07) is 12.0. The van der Waals surface area contributed by atoms with E-state index in [1.807, 2.05) is 13.0 Å². The van der Waals surface area contributed by atoms with E-state index in [-0.39, 0.29) is 11.3 Å². The van der Waals surface area contributed by atoms with Gasteiger partial charge in [-0.05, 0) is 31.2 Å². The van der Waals surface area contributed by atoms with Crippen molar-refractivity contribution in [3.63, 3.8) is 0 Å². The second-order valence-electron chi connectivity index (χ2n) is 4.58. The van der Waals surface area contributed by atoms with Crippen LogP contribution in [0.1, 0.15) is 26.3 Å². The highest BCUT2D eigenvalue weighted by atomic mass is 16.6. The van der Waals surface area contributed by atoms with Gasteiger partial charge in [-0.3, -0.25) is 30.6 Å². The Kier molecular flexibility index (Phi) is 4.47. The molecule has 0 bridgehead atoms. The molecular weight excluding hydrogens is 286 g/mol. The summed E-state index contributed by atoms with van der Waals surface area (Å²) in [5, 5.41) is 10.5. The average Bonchev–Trinajstić information content (AvgIpc) is 2.52. The lowest BCUT2D eigenvalue weighted by Gasteiger charge is -2.07. The van der Waals surface area contributed by atoms with Crippen molar-refractivity contribution in [3.8, 4) is 0 Å². The zero-order chi connectivity index (χ0) is 16.1. The minimum Gasteiger partial charge on any atom is -0.267 e. The lowest BCUT2D eigenvalue weighted by Crippen LogP contribution is -2.41. The van der Waals surface area contributed by atoms with Crippen LogP contribution >= 0.6 is 0 Å². The summed E-state index contributed by atoms with van der Waals surface area (Å²) in [6.07, 6.45) is 0. The van der Waals surface area contributed by atoms with Crippen LogP contribution in [-0.2, 0) is 0 Å². The third-order valence-electron chi connectivity index (χ3n) is 2.91. The zero-order valence-corrected chi connectivity index (χ0v) is 11.7. The van der Waals surface area contributed by atoms with Crippen LogP contribution in [0.15, 0.2) is 48.5 Å². The maximum absolute atomic E-state index is 11.9. The van der Waals surface area contributed by atoms with Crippen molar-refractivity contribution in [2.45, 2.75) is 6.92 Å². The van der Waals surface area contributed by atoms with Gasteiger partial charge in [-0.15, -0.1) is 0 Å². The second kappa shape index (κ2) is 6.49. The average molecular weight is 299 g/mol. The van der Waals surface area contributed by atoms with Gasteiger partial charge in [-0.1, -0.05) is 17.7 Å². The summed E-state index contributed by atoms with van der Waals surface area (Å²) in [5.41, 5.74) is 5.99. The molecule has 0 spiro atoms. The van der Waals surface area contributed by atoms with E-state index >= 15 is 0 Å². The summed E-state index contributed by atoms with van der Waals surface area (Å²) in [6.45, 7) is 1.85. The van der Waals surface area contributed by atoms with E-state index in [1.54, 1.807) is 18.2 Å². The van der Waals surface area contributed by atoms with Gasteiger partial charge >= 0.3 is 0 Å². The molecule has 0 saturated heterocycles. The maximum atomic E-state index is 11.9. The first-order chi connectivity index (χ1) is 10.5. The van der Waals surface area contributed by atoms with E-state index in [0.717, 1.165) is 5.56 Å². The molecular formula is C15H13N3O4. The predicted octanol–water partition coefficient (Wildman–Crippen LogP) is 1.98. The van der Waals surface area contributed by atoms with Crippen LogP contribution in [0.5, 0.6) is 0 Å². The van der Waals surface area contributed by atoms with Gasteiger partial charge in [0, 0.05) is 23.3 Å². The monoisotopic (exact) mass is 299 g/mol. The standard InChI is InChI=1S/C15H13N3O4/c1-10-3-2-4-12(9-10)15(20)17-16-14(19)11-5-7-13(8-6-11)18(21)22/h2-9H,1H3,(H,16,19)(H,17,20). The smallest absolute Gasteiger partial charge is 0.267 e. The van der Waals surface area contributed by atoms with Crippen molar-refractivity contribution < 1.29 is 14.5 Å². The summed E-state index contributed by atoms with van der Waals surface area (Å²) in [5.74, 6) is -1.00. The Hall–Kier alpha value is -3.22. The number of hydrogen-bond acceptors (Lipinski definition) is 4. The minimum atomic E-state index is -0.559. The number of rotatable bonds is 3. The van der Waals surface area contributed by atoms with Crippen LogP contribution < -0.4 is 10.9 Å². The Labute approximate surface area is 126 Å². The van der Waals surface area contributed by atoms with E-state index < -0.39 is 16.7 Å². The van der Waals surface area contributed by atoms with Crippen molar-refractivity contribution in [1.82, 2.24) is 10.9 Å². The fourth-order valence-electron chi connectivity index (χ4n) is 1.78. The Bertz CT molecular complexity index is 726. The molecule has 112 valence electrons. The molecule has 2 amide bonds. The highest BCUT2D eigenvalue weighted by molar-refractivity contribution is 5.99. The Balaban J connectivity index is 1.97. The molecule has 2 aromatic rings. The van der Waals surface area contributed by atoms with Gasteiger partial charge in [0.05, 0.1) is 4.92 Å². The van der Waals surface area contributed by atoms with Crippen LogP contribution in [0.2, 0.25) is 0 Å². The Morgan fingerprint density at radius 1 is 0.955 bits per heavy atom. The molecule has 0 saturated carbocycles. The van der Waals surface area contributed by atoms with Crippen molar-refractivity contribution in [2.75, 3.05) is 0 Å². The van der Waals surface area contributed by atoms with Gasteiger partial charge < -0.3 is 0 Å². The molecule has 0 heterocycles. The van der Waals surface area contributed by atoms with Crippen LogP contribution in [0.25, 0.3) is 0 Å². The molecule has 0 aliphatic rings. The maximum Gasteiger partial charge on any atom is 0.269 e. The number of benzene rings is 2. The number of carbonyl (C=O) groups is 2. The van der Waals surface area contributed by atoms with Crippen molar-refractivity contribution in [3.05, 3.63) is 75.3 Å². The number of nitro groups is 1. The van der Waals surface area contributed by atoms with Crippen LogP contribution in [0.3, 0.4) is 0 Å². The number of hydrazine groups is 1. The summed E-state index contributed by atoms with van der Waals surface area (Å²) >= 11 is 0. The number of nitrogens with one attached hydrogen (secondary N) is 2. The highest BCUT2D eigenvalue weighted by Crippen LogP contribution is 2.11. The molecule has 22 heavy (non-hydrogen) atoms. The lowest BCUT2D eigenvalue weighted by molar-refractivity contribution is -0.384. The van der Waals surface area contributed by atoms with Crippen molar-refractivity contribution in [2.24, 2.45) is 0 Å². The molecule has 0 atom stereocenters. The quantitative estimate of drug-likeness (QED) is 0.668. The molecule has 2 N–H and O–H groups in total. The molecule has 0 unspecified atom stereocenters. The number of non-ortho nitro benzene ring substituents is 1. The predicted molar refractivity (Wildman–Crippen MR) is 79.2 cm³/mol. The molecule has 7 heteroatoms. The third kappa shape index (κ3) is 3.66.